The normalized spacial score (nSPS) is 17.1. The van der Waals surface area contributed by atoms with Gasteiger partial charge in [-0.15, -0.1) is 0 Å². The number of carbonyl (C=O) groups excluding carboxylic acids is 4. The molecule has 12 nitrogen and oxygen atoms in total. The zero-order valence-electron chi connectivity index (χ0n) is 32.6. The van der Waals surface area contributed by atoms with Crippen molar-refractivity contribution in [2.24, 2.45) is 0 Å². The standard InChI is InChI=1S/C46H47N7O5/c1-29(2)58-46(57)51-42(33-13-7-4-8-14-33)45(56)53-24-10-16-40(53)44(55)48-35-21-22-36-34(26-35)27-37(49-36)31-17-19-32(20-18-31)38-28-47-43(50-38)39-15-9-23-52(39)41(54)25-30-11-5-3-6-12-30/h3-8,11-14,17-22,26-29,39-40,42,49H,9-10,15-16,23-25H2,1-2H3,(H,47,50)(H,48,55)(H,51,57)/t39-,40-,42+/m0/s1. The number of benzene rings is 4. The van der Waals surface area contributed by atoms with Crippen LogP contribution in [-0.2, 0) is 25.5 Å². The van der Waals surface area contributed by atoms with Crippen molar-refractivity contribution in [3.63, 3.8) is 0 Å². The molecule has 0 saturated carbocycles. The molecule has 58 heavy (non-hydrogen) atoms. The predicted octanol–water partition coefficient (Wildman–Crippen LogP) is 7.94. The Balaban J connectivity index is 0.921. The SMILES string of the molecule is CC(C)OC(=O)N[C@@H](C(=O)N1CCC[C@H]1C(=O)Nc1ccc2[nH]c(-c3ccc(-c4cnc([C@@H]5CCCN5C(=O)Cc5ccccc5)[nH]4)cc3)cc2c1)c1ccccc1. The average Bonchev–Trinajstić information content (AvgIpc) is 4.07. The van der Waals surface area contributed by atoms with E-state index in [1.807, 2.05) is 71.8 Å². The Morgan fingerprint density at radius 2 is 1.48 bits per heavy atom. The van der Waals surface area contributed by atoms with Crippen molar-refractivity contribution in [1.82, 2.24) is 30.1 Å². The van der Waals surface area contributed by atoms with Crippen molar-refractivity contribution in [2.75, 3.05) is 18.4 Å². The summed E-state index contributed by atoms with van der Waals surface area (Å²) in [6.45, 7) is 4.61. The van der Waals surface area contributed by atoms with Gasteiger partial charge in [0.25, 0.3) is 5.91 Å². The van der Waals surface area contributed by atoms with Gasteiger partial charge in [-0.3, -0.25) is 14.4 Å². The van der Waals surface area contributed by atoms with Crippen LogP contribution in [0.4, 0.5) is 10.5 Å². The van der Waals surface area contributed by atoms with Gasteiger partial charge in [0.05, 0.1) is 30.5 Å². The summed E-state index contributed by atoms with van der Waals surface area (Å²) in [5.74, 6) is 0.279. The summed E-state index contributed by atoms with van der Waals surface area (Å²) in [6, 6.07) is 33.0. The lowest BCUT2D eigenvalue weighted by Gasteiger charge is -2.29. The Morgan fingerprint density at radius 1 is 0.793 bits per heavy atom. The van der Waals surface area contributed by atoms with Crippen LogP contribution in [0.5, 0.6) is 0 Å². The van der Waals surface area contributed by atoms with Gasteiger partial charge in [-0.1, -0.05) is 84.9 Å². The maximum atomic E-state index is 13.9. The molecule has 0 unspecified atom stereocenters. The smallest absolute Gasteiger partial charge is 0.408 e. The van der Waals surface area contributed by atoms with Crippen LogP contribution in [0, 0.1) is 0 Å². The second kappa shape index (κ2) is 16.8. The molecule has 12 heteroatoms. The molecule has 0 bridgehead atoms. The fraction of sp³-hybridized carbons (Fsp3) is 0.283. The topological polar surface area (TPSA) is 153 Å². The van der Waals surface area contributed by atoms with E-state index in [1.165, 1.54) is 0 Å². The molecule has 2 saturated heterocycles. The number of likely N-dealkylation sites (tertiary alicyclic amines) is 2. The molecule has 0 aliphatic carbocycles. The van der Waals surface area contributed by atoms with Gasteiger partial charge in [-0.25, -0.2) is 9.78 Å². The van der Waals surface area contributed by atoms with E-state index in [9.17, 15) is 19.2 Å². The summed E-state index contributed by atoms with van der Waals surface area (Å²) >= 11 is 0. The molecule has 2 aliphatic heterocycles. The number of imidazole rings is 1. The van der Waals surface area contributed by atoms with Crippen LogP contribution in [0.25, 0.3) is 33.4 Å². The van der Waals surface area contributed by atoms with Crippen LogP contribution in [-0.4, -0.2) is 73.8 Å². The highest BCUT2D eigenvalue weighted by Crippen LogP contribution is 2.33. The second-order valence-electron chi connectivity index (χ2n) is 15.3. The largest absolute Gasteiger partial charge is 0.447 e. The van der Waals surface area contributed by atoms with E-state index in [-0.39, 0.29) is 29.9 Å². The van der Waals surface area contributed by atoms with Crippen LogP contribution < -0.4 is 10.6 Å². The molecule has 3 atom stereocenters. The number of amides is 4. The van der Waals surface area contributed by atoms with Crippen molar-refractivity contribution >= 4 is 40.4 Å². The van der Waals surface area contributed by atoms with Crippen LogP contribution >= 0.6 is 0 Å². The minimum absolute atomic E-state index is 0.0685. The maximum absolute atomic E-state index is 13.9. The third kappa shape index (κ3) is 8.36. The first kappa shape index (κ1) is 38.2. The van der Waals surface area contributed by atoms with E-state index < -0.39 is 18.2 Å². The van der Waals surface area contributed by atoms with Gasteiger partial charge in [-0.2, -0.15) is 0 Å². The number of alkyl carbamates (subject to hydrolysis) is 1. The number of aromatic amines is 2. The van der Waals surface area contributed by atoms with Crippen LogP contribution in [0.3, 0.4) is 0 Å². The summed E-state index contributed by atoms with van der Waals surface area (Å²) in [7, 11) is 0. The third-order valence-corrected chi connectivity index (χ3v) is 10.9. The van der Waals surface area contributed by atoms with Gasteiger partial charge in [0, 0.05) is 35.4 Å². The fourth-order valence-electron chi connectivity index (χ4n) is 8.06. The maximum Gasteiger partial charge on any atom is 0.408 e. The second-order valence-corrected chi connectivity index (χ2v) is 15.3. The number of hydrogen-bond donors (Lipinski definition) is 4. The monoisotopic (exact) mass is 777 g/mol. The van der Waals surface area contributed by atoms with E-state index in [4.69, 9.17) is 9.72 Å². The molecule has 2 aromatic heterocycles. The van der Waals surface area contributed by atoms with Gasteiger partial charge in [0.15, 0.2) is 0 Å². The Morgan fingerprint density at radius 3 is 2.22 bits per heavy atom. The van der Waals surface area contributed by atoms with Crippen molar-refractivity contribution in [1.29, 1.82) is 0 Å². The fourth-order valence-corrected chi connectivity index (χ4v) is 8.06. The molecule has 4 heterocycles. The number of nitrogens with zero attached hydrogens (tertiary/aromatic N) is 3. The van der Waals surface area contributed by atoms with E-state index in [1.54, 1.807) is 43.0 Å². The number of aromatic nitrogens is 3. The van der Waals surface area contributed by atoms with Crippen molar-refractivity contribution in [3.05, 3.63) is 132 Å². The quantitative estimate of drug-likeness (QED) is 0.105. The molecule has 296 valence electrons. The molecule has 2 aliphatic rings. The number of fused-ring (bicyclic) bond motifs is 1. The summed E-state index contributed by atoms with van der Waals surface area (Å²) < 4.78 is 5.28. The summed E-state index contributed by atoms with van der Waals surface area (Å²) in [6.07, 6.45) is 4.17. The minimum Gasteiger partial charge on any atom is -0.447 e. The number of rotatable bonds is 11. The number of hydrogen-bond acceptors (Lipinski definition) is 6. The summed E-state index contributed by atoms with van der Waals surface area (Å²) in [4.78, 5) is 68.7. The van der Waals surface area contributed by atoms with E-state index in [0.29, 0.717) is 37.1 Å². The number of H-pyrrole nitrogens is 2. The molecule has 8 rings (SSSR count). The highest BCUT2D eigenvalue weighted by Gasteiger charge is 2.39. The Kier molecular flexibility index (Phi) is 11.1. The Labute approximate surface area is 337 Å². The van der Waals surface area contributed by atoms with E-state index in [0.717, 1.165) is 64.2 Å². The summed E-state index contributed by atoms with van der Waals surface area (Å²) in [5, 5.41) is 6.67. The van der Waals surface area contributed by atoms with Gasteiger partial charge < -0.3 is 35.1 Å². The number of nitrogens with one attached hydrogen (secondary N) is 4. The highest BCUT2D eigenvalue weighted by molar-refractivity contribution is 6.00. The first-order valence-corrected chi connectivity index (χ1v) is 20.0. The highest BCUT2D eigenvalue weighted by atomic mass is 16.6. The third-order valence-electron chi connectivity index (χ3n) is 10.9. The molecule has 4 aromatic carbocycles. The van der Waals surface area contributed by atoms with Crippen molar-refractivity contribution in [3.8, 4) is 22.5 Å². The predicted molar refractivity (Wildman–Crippen MR) is 222 cm³/mol. The lowest BCUT2D eigenvalue weighted by atomic mass is 10.0. The van der Waals surface area contributed by atoms with Crippen molar-refractivity contribution < 1.29 is 23.9 Å². The van der Waals surface area contributed by atoms with Crippen LogP contribution in [0.15, 0.2) is 115 Å². The number of anilines is 1. The molecule has 0 spiro atoms. The molecule has 4 amide bonds. The Hall–Kier alpha value is -6.69. The molecule has 4 N–H and O–H groups in total. The van der Waals surface area contributed by atoms with Gasteiger partial charge in [0.1, 0.15) is 17.9 Å². The molecule has 6 aromatic rings. The summed E-state index contributed by atoms with van der Waals surface area (Å²) in [5.41, 5.74) is 6.97. The minimum atomic E-state index is -0.994. The van der Waals surface area contributed by atoms with Crippen LogP contribution in [0.2, 0.25) is 0 Å². The van der Waals surface area contributed by atoms with E-state index >= 15 is 0 Å². The lowest BCUT2D eigenvalue weighted by Crippen LogP contribution is -2.48. The van der Waals surface area contributed by atoms with Crippen molar-refractivity contribution in [2.45, 2.75) is 70.2 Å². The van der Waals surface area contributed by atoms with E-state index in [2.05, 4.69) is 44.9 Å². The molecular weight excluding hydrogens is 731 g/mol. The van der Waals surface area contributed by atoms with Gasteiger partial charge in [0.2, 0.25) is 11.8 Å². The zero-order valence-corrected chi connectivity index (χ0v) is 32.6. The lowest BCUT2D eigenvalue weighted by molar-refractivity contribution is -0.138. The molecule has 2 fully saturated rings. The van der Waals surface area contributed by atoms with Gasteiger partial charge >= 0.3 is 6.09 Å². The number of ether oxygens (including phenoxy) is 1. The first-order chi connectivity index (χ1) is 28.2. The zero-order chi connectivity index (χ0) is 40.2. The molecular formula is C46H47N7O5. The van der Waals surface area contributed by atoms with Crippen LogP contribution in [0.1, 0.15) is 68.6 Å². The average molecular weight is 778 g/mol. The van der Waals surface area contributed by atoms with Gasteiger partial charge in [-0.05, 0) is 86.1 Å². The molecule has 0 radical (unpaired) electrons. The number of carbonyl (C=O) groups is 4. The Bertz CT molecular complexity index is 2410. The first-order valence-electron chi connectivity index (χ1n) is 20.0.